The first-order chi connectivity index (χ1) is 6.74. The molecule has 0 heterocycles. The maximum absolute atomic E-state index is 9.00. The maximum Gasteiger partial charge on any atom is 0.0837 e. The summed E-state index contributed by atoms with van der Waals surface area (Å²) in [6.07, 6.45) is 0. The van der Waals surface area contributed by atoms with Crippen molar-refractivity contribution in [2.24, 2.45) is 0 Å². The van der Waals surface area contributed by atoms with E-state index in [2.05, 4.69) is 25.2 Å². The van der Waals surface area contributed by atoms with E-state index in [0.717, 1.165) is 12.1 Å². The van der Waals surface area contributed by atoms with Crippen LogP contribution in [-0.2, 0) is 0 Å². The van der Waals surface area contributed by atoms with Crippen LogP contribution in [0.4, 0.5) is 0 Å². The molecule has 0 aliphatic carbocycles. The van der Waals surface area contributed by atoms with Crippen LogP contribution in [0.5, 0.6) is 0 Å². The van der Waals surface area contributed by atoms with Crippen LogP contribution < -0.4 is 5.32 Å². The van der Waals surface area contributed by atoms with Gasteiger partial charge < -0.3 is 5.32 Å². The lowest BCUT2D eigenvalue weighted by Crippen LogP contribution is -2.27. The zero-order valence-corrected chi connectivity index (χ0v) is 8.70. The first kappa shape index (κ1) is 10.7. The van der Waals surface area contributed by atoms with Gasteiger partial charge in [-0.05, 0) is 5.56 Å². The predicted molar refractivity (Wildman–Crippen MR) is 57.9 cm³/mol. The Labute approximate surface area is 85.6 Å². The minimum absolute atomic E-state index is 0.0430. The zero-order chi connectivity index (χ0) is 10.4. The number of hydrogen-bond acceptors (Lipinski definition) is 2. The highest BCUT2D eigenvalue weighted by molar-refractivity contribution is 5.24. The molecular weight excluding hydrogens is 172 g/mol. The number of nitrogens with one attached hydrogen (secondary N) is 1. The molecule has 1 aromatic carbocycles. The molecule has 1 rings (SSSR count). The fourth-order valence-electron chi connectivity index (χ4n) is 1.28. The molecule has 0 bridgehead atoms. The maximum atomic E-state index is 9.00. The van der Waals surface area contributed by atoms with Crippen LogP contribution in [0.1, 0.15) is 25.3 Å². The molecule has 74 valence electrons. The minimum atomic E-state index is -0.0430. The third-order valence-electron chi connectivity index (χ3n) is 2.09. The van der Waals surface area contributed by atoms with Crippen LogP contribution in [0.25, 0.3) is 0 Å². The molecule has 2 nitrogen and oxygen atoms in total. The van der Waals surface area contributed by atoms with Crippen molar-refractivity contribution >= 4 is 0 Å². The normalized spacial score (nSPS) is 12.4. The zero-order valence-electron chi connectivity index (χ0n) is 8.70. The second-order valence-electron chi connectivity index (χ2n) is 3.66. The van der Waals surface area contributed by atoms with Crippen molar-refractivity contribution in [2.45, 2.75) is 25.8 Å². The molecular formula is C12H16N2. The summed E-state index contributed by atoms with van der Waals surface area (Å²) in [5.74, 6) is -0.0430. The molecule has 1 aromatic rings. The van der Waals surface area contributed by atoms with Gasteiger partial charge in [-0.1, -0.05) is 44.2 Å². The van der Waals surface area contributed by atoms with E-state index in [9.17, 15) is 0 Å². The van der Waals surface area contributed by atoms with Crippen molar-refractivity contribution in [3.8, 4) is 6.07 Å². The van der Waals surface area contributed by atoms with Gasteiger partial charge in [-0.15, -0.1) is 0 Å². The van der Waals surface area contributed by atoms with Crippen molar-refractivity contribution in [2.75, 3.05) is 6.54 Å². The van der Waals surface area contributed by atoms with Gasteiger partial charge in [-0.2, -0.15) is 5.26 Å². The summed E-state index contributed by atoms with van der Waals surface area (Å²) in [6, 6.07) is 12.6. The first-order valence-electron chi connectivity index (χ1n) is 4.92. The summed E-state index contributed by atoms with van der Waals surface area (Å²) >= 11 is 0. The van der Waals surface area contributed by atoms with E-state index in [1.807, 2.05) is 30.3 Å². The molecule has 0 amide bonds. The molecule has 0 radical (unpaired) electrons. The van der Waals surface area contributed by atoms with E-state index in [-0.39, 0.29) is 5.92 Å². The van der Waals surface area contributed by atoms with E-state index in [1.165, 1.54) is 0 Å². The minimum Gasteiger partial charge on any atom is -0.313 e. The fourth-order valence-corrected chi connectivity index (χ4v) is 1.28. The predicted octanol–water partition coefficient (Wildman–Crippen LogP) is 2.29. The molecule has 1 atom stereocenters. The Morgan fingerprint density at radius 1 is 1.29 bits per heavy atom. The highest BCUT2D eigenvalue weighted by Crippen LogP contribution is 2.13. The van der Waals surface area contributed by atoms with Gasteiger partial charge in [0.1, 0.15) is 0 Å². The topological polar surface area (TPSA) is 35.8 Å². The van der Waals surface area contributed by atoms with Gasteiger partial charge in [0.05, 0.1) is 12.0 Å². The van der Waals surface area contributed by atoms with Gasteiger partial charge >= 0.3 is 0 Å². The number of hydrogen-bond donors (Lipinski definition) is 1. The summed E-state index contributed by atoms with van der Waals surface area (Å²) in [5.41, 5.74) is 1.09. The van der Waals surface area contributed by atoms with E-state index < -0.39 is 0 Å². The van der Waals surface area contributed by atoms with Crippen molar-refractivity contribution < 1.29 is 0 Å². The van der Waals surface area contributed by atoms with Crippen LogP contribution in [0.2, 0.25) is 0 Å². The molecule has 0 aliphatic rings. The van der Waals surface area contributed by atoms with E-state index in [0.29, 0.717) is 6.04 Å². The number of nitrogens with zero attached hydrogens (tertiary/aromatic N) is 1. The molecule has 0 aromatic heterocycles. The smallest absolute Gasteiger partial charge is 0.0837 e. The van der Waals surface area contributed by atoms with Gasteiger partial charge in [-0.25, -0.2) is 0 Å². The summed E-state index contributed by atoms with van der Waals surface area (Å²) < 4.78 is 0. The average molecular weight is 188 g/mol. The van der Waals surface area contributed by atoms with Crippen molar-refractivity contribution in [3.05, 3.63) is 35.9 Å². The molecule has 0 fully saturated rings. The monoisotopic (exact) mass is 188 g/mol. The van der Waals surface area contributed by atoms with Crippen molar-refractivity contribution in [1.82, 2.24) is 5.32 Å². The fraction of sp³-hybridized carbons (Fsp3) is 0.417. The van der Waals surface area contributed by atoms with E-state index in [4.69, 9.17) is 5.26 Å². The van der Waals surface area contributed by atoms with E-state index >= 15 is 0 Å². The summed E-state index contributed by atoms with van der Waals surface area (Å²) in [6.45, 7) is 4.89. The molecule has 1 N–H and O–H groups in total. The Morgan fingerprint density at radius 2 is 1.93 bits per heavy atom. The van der Waals surface area contributed by atoms with Crippen molar-refractivity contribution in [3.63, 3.8) is 0 Å². The lowest BCUT2D eigenvalue weighted by atomic mass is 10.0. The second kappa shape index (κ2) is 5.41. The molecule has 0 aliphatic heterocycles. The Hall–Kier alpha value is -1.33. The van der Waals surface area contributed by atoms with Crippen LogP contribution >= 0.6 is 0 Å². The lowest BCUT2D eigenvalue weighted by Gasteiger charge is -2.12. The molecule has 0 spiro atoms. The van der Waals surface area contributed by atoms with Crippen LogP contribution in [0.3, 0.4) is 0 Å². The molecule has 1 unspecified atom stereocenters. The van der Waals surface area contributed by atoms with Crippen molar-refractivity contribution in [1.29, 1.82) is 5.26 Å². The third-order valence-corrected chi connectivity index (χ3v) is 2.09. The van der Waals surface area contributed by atoms with Crippen LogP contribution in [0.15, 0.2) is 30.3 Å². The van der Waals surface area contributed by atoms with E-state index in [1.54, 1.807) is 0 Å². The Kier molecular flexibility index (Phi) is 4.15. The highest BCUT2D eigenvalue weighted by atomic mass is 14.9. The van der Waals surface area contributed by atoms with Crippen LogP contribution in [-0.4, -0.2) is 12.6 Å². The third kappa shape index (κ3) is 3.20. The van der Waals surface area contributed by atoms with Gasteiger partial charge in [0.2, 0.25) is 0 Å². The average Bonchev–Trinajstić information content (AvgIpc) is 2.20. The number of nitriles is 1. The Bertz CT molecular complexity index is 298. The second-order valence-corrected chi connectivity index (χ2v) is 3.66. The summed E-state index contributed by atoms with van der Waals surface area (Å²) in [5, 5.41) is 12.3. The standard InChI is InChI=1S/C12H16N2/c1-10(2)14-9-12(8-13)11-6-4-3-5-7-11/h3-7,10,12,14H,9H2,1-2H3. The van der Waals surface area contributed by atoms with Gasteiger partial charge in [0.25, 0.3) is 0 Å². The SMILES string of the molecule is CC(C)NCC(C#N)c1ccccc1. The number of rotatable bonds is 4. The summed E-state index contributed by atoms with van der Waals surface area (Å²) in [7, 11) is 0. The summed E-state index contributed by atoms with van der Waals surface area (Å²) in [4.78, 5) is 0. The molecule has 2 heteroatoms. The first-order valence-corrected chi connectivity index (χ1v) is 4.92. The van der Waals surface area contributed by atoms with Gasteiger partial charge in [-0.3, -0.25) is 0 Å². The number of benzene rings is 1. The Morgan fingerprint density at radius 3 is 2.43 bits per heavy atom. The molecule has 14 heavy (non-hydrogen) atoms. The quantitative estimate of drug-likeness (QED) is 0.787. The molecule has 0 saturated heterocycles. The Balaban J connectivity index is 2.60. The van der Waals surface area contributed by atoms with Gasteiger partial charge in [0.15, 0.2) is 0 Å². The highest BCUT2D eigenvalue weighted by Gasteiger charge is 2.09. The molecule has 0 saturated carbocycles. The lowest BCUT2D eigenvalue weighted by molar-refractivity contribution is 0.570. The largest absolute Gasteiger partial charge is 0.313 e. The van der Waals surface area contributed by atoms with Crippen LogP contribution in [0, 0.1) is 11.3 Å². The van der Waals surface area contributed by atoms with Gasteiger partial charge in [0, 0.05) is 12.6 Å².